The molecular weight excluding hydrogens is 506 g/mol. The maximum absolute atomic E-state index is 14.0. The van der Waals surface area contributed by atoms with Crippen molar-refractivity contribution >= 4 is 22.9 Å². The lowest BCUT2D eigenvalue weighted by atomic mass is 9.87. The first-order valence-electron chi connectivity index (χ1n) is 10.5. The summed E-state index contributed by atoms with van der Waals surface area (Å²) in [7, 11) is 0.666. The van der Waals surface area contributed by atoms with Crippen molar-refractivity contribution in [3.05, 3.63) is 41.3 Å². The number of nitrogens with two attached hydrogens (primary N) is 1. The van der Waals surface area contributed by atoms with E-state index in [1.54, 1.807) is 5.32 Å². The molecule has 0 aliphatic heterocycles. The number of hydrogen-bond acceptors (Lipinski definition) is 5. The van der Waals surface area contributed by atoms with E-state index in [4.69, 9.17) is 5.73 Å². The number of fused-ring (bicyclic) bond motifs is 1. The number of anilines is 2. The predicted octanol–water partition coefficient (Wildman–Crippen LogP) is 4.28. The number of alkyl halides is 8. The largest absolute Gasteiger partial charge is 0.437 e. The van der Waals surface area contributed by atoms with Crippen LogP contribution in [0, 0.1) is 0 Å². The van der Waals surface area contributed by atoms with Gasteiger partial charge >= 0.3 is 12.4 Å². The van der Waals surface area contributed by atoms with Gasteiger partial charge in [0.25, 0.3) is 11.8 Å². The average Bonchev–Trinajstić information content (AvgIpc) is 3.31. The molecule has 36 heavy (non-hydrogen) atoms. The van der Waals surface area contributed by atoms with Gasteiger partial charge in [-0.25, -0.2) is 13.3 Å². The summed E-state index contributed by atoms with van der Waals surface area (Å²) >= 11 is 0. The molecule has 3 aromatic rings. The summed E-state index contributed by atoms with van der Waals surface area (Å²) in [6.45, 7) is 0. The molecule has 0 unspecified atom stereocenters. The van der Waals surface area contributed by atoms with Gasteiger partial charge in [0.2, 0.25) is 0 Å². The van der Waals surface area contributed by atoms with Crippen LogP contribution in [0.5, 0.6) is 0 Å². The molecule has 1 amide bonds. The summed E-state index contributed by atoms with van der Waals surface area (Å²) in [6, 6.07) is 2.98. The van der Waals surface area contributed by atoms with Crippen molar-refractivity contribution in [1.29, 1.82) is 0 Å². The summed E-state index contributed by atoms with van der Waals surface area (Å²) < 4.78 is 109. The smallest absolute Gasteiger partial charge is 0.364 e. The molecule has 196 valence electrons. The summed E-state index contributed by atoms with van der Waals surface area (Å²) in [6.07, 6.45) is -10.4. The Bertz CT molecular complexity index is 1290. The lowest BCUT2D eigenvalue weighted by Gasteiger charge is -2.36. The molecule has 4 N–H and O–H groups in total. The Morgan fingerprint density at radius 3 is 2.39 bits per heavy atom. The molecule has 3 heterocycles. The predicted molar refractivity (Wildman–Crippen MR) is 111 cm³/mol. The van der Waals surface area contributed by atoms with Crippen LogP contribution in [0.25, 0.3) is 5.52 Å². The van der Waals surface area contributed by atoms with Gasteiger partial charge in [-0.2, -0.15) is 31.4 Å². The van der Waals surface area contributed by atoms with Gasteiger partial charge in [0.05, 0.1) is 11.6 Å². The second-order valence-electron chi connectivity index (χ2n) is 8.35. The van der Waals surface area contributed by atoms with Crippen LogP contribution in [-0.2, 0) is 19.4 Å². The van der Waals surface area contributed by atoms with Crippen LogP contribution in [0.15, 0.2) is 24.3 Å². The van der Waals surface area contributed by atoms with E-state index in [1.807, 2.05) is 0 Å². The average molecular weight is 525 g/mol. The summed E-state index contributed by atoms with van der Waals surface area (Å²) in [5, 5.41) is 11.4. The number of halogens is 8. The fourth-order valence-electron chi connectivity index (χ4n) is 4.13. The van der Waals surface area contributed by atoms with Crippen LogP contribution >= 0.6 is 0 Å². The molecule has 0 bridgehead atoms. The van der Waals surface area contributed by atoms with E-state index >= 15 is 0 Å². The van der Waals surface area contributed by atoms with Crippen molar-refractivity contribution < 1.29 is 39.9 Å². The highest BCUT2D eigenvalue weighted by molar-refractivity contribution is 6.04. The molecule has 0 saturated heterocycles. The molecule has 3 aromatic heterocycles. The second kappa shape index (κ2) is 8.60. The van der Waals surface area contributed by atoms with Crippen LogP contribution < -0.4 is 16.4 Å². The fourth-order valence-corrected chi connectivity index (χ4v) is 4.13. The first-order valence-corrected chi connectivity index (χ1v) is 10.5. The number of rotatable bonds is 4. The number of aryl methyl sites for hydroxylation is 1. The van der Waals surface area contributed by atoms with Gasteiger partial charge < -0.3 is 16.4 Å². The van der Waals surface area contributed by atoms with Crippen molar-refractivity contribution in [3.8, 4) is 0 Å². The van der Waals surface area contributed by atoms with Crippen LogP contribution in [-0.4, -0.2) is 43.3 Å². The topological polar surface area (TPSA) is 102 Å². The molecule has 4 rings (SSSR count). The minimum Gasteiger partial charge on any atom is -0.364 e. The number of carbonyl (C=O) groups excluding carboxylic acids is 1. The molecule has 1 saturated carbocycles. The molecule has 0 radical (unpaired) electrons. The highest BCUT2D eigenvalue weighted by Gasteiger charge is 2.47. The lowest BCUT2D eigenvalue weighted by molar-refractivity contribution is -0.143. The van der Waals surface area contributed by atoms with Gasteiger partial charge in [-0.05, 0) is 37.1 Å². The summed E-state index contributed by atoms with van der Waals surface area (Å²) in [5.41, 5.74) is 0.244. The monoisotopic (exact) mass is 525 g/mol. The minimum atomic E-state index is -5.29. The lowest BCUT2D eigenvalue weighted by Crippen LogP contribution is -2.55. The Morgan fingerprint density at radius 1 is 1.08 bits per heavy atom. The SMILES string of the molecule is Cn1nc(C(F)(F)F)c(NC(=O)c2ccc3ccc(N[C@@H]4CCCC(F)(F)[C@@H]4N)nn23)c1C(F)(F)F. The van der Waals surface area contributed by atoms with Crippen LogP contribution in [0.1, 0.15) is 41.1 Å². The molecule has 1 aliphatic carbocycles. The third-order valence-corrected chi connectivity index (χ3v) is 5.84. The molecular formula is C20H19F8N7O. The van der Waals surface area contributed by atoms with E-state index in [-0.39, 0.29) is 28.9 Å². The van der Waals surface area contributed by atoms with Crippen molar-refractivity contribution in [2.24, 2.45) is 12.8 Å². The van der Waals surface area contributed by atoms with Crippen LogP contribution in [0.4, 0.5) is 46.6 Å². The van der Waals surface area contributed by atoms with Gasteiger partial charge in [-0.3, -0.25) is 9.48 Å². The van der Waals surface area contributed by atoms with Crippen molar-refractivity contribution in [2.45, 2.75) is 49.6 Å². The molecule has 8 nitrogen and oxygen atoms in total. The third kappa shape index (κ3) is 4.68. The number of aromatic nitrogens is 4. The molecule has 0 spiro atoms. The normalized spacial score (nSPS) is 20.5. The third-order valence-electron chi connectivity index (χ3n) is 5.84. The molecule has 16 heteroatoms. The standard InChI is InChI=1S/C20H19F8N7O/c1-34-16(20(26,27)28)13(15(33-34)19(23,24)25)31-17(36)11-6-4-9-5-7-12(32-35(9)11)30-10-3-2-8-18(21,22)14(10)29/h4-7,10,14H,2-3,8,29H2,1H3,(H,30,32)(H,31,36)/t10-,14-/m1/s1. The number of amides is 1. The van der Waals surface area contributed by atoms with E-state index in [9.17, 15) is 39.9 Å². The zero-order valence-corrected chi connectivity index (χ0v) is 18.4. The first-order chi connectivity index (χ1) is 16.6. The van der Waals surface area contributed by atoms with Gasteiger partial charge in [0.1, 0.15) is 17.2 Å². The van der Waals surface area contributed by atoms with E-state index in [0.717, 1.165) is 10.6 Å². The van der Waals surface area contributed by atoms with E-state index in [0.29, 0.717) is 13.5 Å². The maximum atomic E-state index is 14.0. The number of hydrogen-bond donors (Lipinski definition) is 3. The molecule has 2 atom stereocenters. The quantitative estimate of drug-likeness (QED) is 0.442. The Labute approximate surface area is 197 Å². The Kier molecular flexibility index (Phi) is 6.13. The number of carbonyl (C=O) groups is 1. The number of nitrogens with zero attached hydrogens (tertiary/aromatic N) is 4. The van der Waals surface area contributed by atoms with Crippen molar-refractivity contribution in [1.82, 2.24) is 19.4 Å². The van der Waals surface area contributed by atoms with E-state index in [1.165, 1.54) is 18.2 Å². The van der Waals surface area contributed by atoms with Crippen molar-refractivity contribution in [2.75, 3.05) is 10.6 Å². The second-order valence-corrected chi connectivity index (χ2v) is 8.35. The van der Waals surface area contributed by atoms with Gasteiger partial charge in [0, 0.05) is 19.5 Å². The highest BCUT2D eigenvalue weighted by atomic mass is 19.4. The molecule has 1 aliphatic rings. The minimum absolute atomic E-state index is 0.0157. The fraction of sp³-hybridized carbons (Fsp3) is 0.450. The van der Waals surface area contributed by atoms with Crippen LogP contribution in [0.2, 0.25) is 0 Å². The highest BCUT2D eigenvalue weighted by Crippen LogP contribution is 2.42. The van der Waals surface area contributed by atoms with Crippen molar-refractivity contribution in [3.63, 3.8) is 0 Å². The first kappa shape index (κ1) is 25.7. The van der Waals surface area contributed by atoms with Gasteiger partial charge in [0.15, 0.2) is 11.4 Å². The Balaban J connectivity index is 1.67. The summed E-state index contributed by atoms with van der Waals surface area (Å²) in [4.78, 5) is 12.8. The van der Waals surface area contributed by atoms with Gasteiger partial charge in [-0.1, -0.05) is 0 Å². The van der Waals surface area contributed by atoms with Crippen LogP contribution in [0.3, 0.4) is 0 Å². The Hall–Kier alpha value is -3.43. The van der Waals surface area contributed by atoms with Gasteiger partial charge in [-0.15, -0.1) is 5.10 Å². The zero-order chi connectivity index (χ0) is 26.6. The Morgan fingerprint density at radius 2 is 1.75 bits per heavy atom. The molecule has 1 fully saturated rings. The molecule has 0 aromatic carbocycles. The van der Waals surface area contributed by atoms with E-state index in [2.05, 4.69) is 15.5 Å². The number of nitrogens with one attached hydrogen (secondary N) is 2. The maximum Gasteiger partial charge on any atom is 0.437 e. The summed E-state index contributed by atoms with van der Waals surface area (Å²) in [5.74, 6) is -4.40. The zero-order valence-electron chi connectivity index (χ0n) is 18.4. The van der Waals surface area contributed by atoms with E-state index < -0.39 is 59.0 Å².